The maximum Gasteiger partial charge on any atom is 0.243 e. The Morgan fingerprint density at radius 3 is 2.48 bits per heavy atom. The first-order valence-corrected chi connectivity index (χ1v) is 11.3. The molecule has 3 rings (SSSR count). The van der Waals surface area contributed by atoms with Crippen LogP contribution in [0.2, 0.25) is 0 Å². The van der Waals surface area contributed by atoms with E-state index in [0.717, 1.165) is 11.1 Å². The predicted molar refractivity (Wildman–Crippen MR) is 105 cm³/mol. The molecule has 0 radical (unpaired) electrons. The first kappa shape index (κ1) is 20.0. The van der Waals surface area contributed by atoms with Crippen LogP contribution in [0.25, 0.3) is 0 Å². The number of benzene rings is 1. The van der Waals surface area contributed by atoms with E-state index in [0.29, 0.717) is 45.7 Å². The molecular formula is C19H24N2O4S2. The molecule has 0 aliphatic carbocycles. The number of carbonyl (C=O) groups is 1. The van der Waals surface area contributed by atoms with E-state index in [-0.39, 0.29) is 10.8 Å². The molecule has 1 aromatic carbocycles. The number of hydrogen-bond donors (Lipinski definition) is 0. The number of nitrogens with zero attached hydrogens (tertiary/aromatic N) is 2. The number of amides is 1. The van der Waals surface area contributed by atoms with Crippen molar-refractivity contribution in [3.05, 3.63) is 52.2 Å². The van der Waals surface area contributed by atoms with E-state index in [9.17, 15) is 13.2 Å². The van der Waals surface area contributed by atoms with E-state index < -0.39 is 10.0 Å². The molecule has 0 N–H and O–H groups in total. The Hall–Kier alpha value is -1.74. The van der Waals surface area contributed by atoms with Crippen LogP contribution in [-0.4, -0.2) is 56.9 Å². The average Bonchev–Trinajstić information content (AvgIpc) is 3.20. The number of rotatable bonds is 7. The van der Waals surface area contributed by atoms with Gasteiger partial charge in [0.1, 0.15) is 0 Å². The minimum absolute atomic E-state index is 0.0752. The molecule has 1 aliphatic heterocycles. The zero-order valence-electron chi connectivity index (χ0n) is 15.3. The van der Waals surface area contributed by atoms with Gasteiger partial charge in [-0.05, 0) is 46.5 Å². The van der Waals surface area contributed by atoms with Gasteiger partial charge in [-0.25, -0.2) is 8.42 Å². The van der Waals surface area contributed by atoms with Gasteiger partial charge in [0.05, 0.1) is 18.1 Å². The Morgan fingerprint density at radius 2 is 1.85 bits per heavy atom. The van der Waals surface area contributed by atoms with Crippen LogP contribution in [0.15, 0.2) is 46.0 Å². The van der Waals surface area contributed by atoms with Crippen molar-refractivity contribution >= 4 is 27.3 Å². The van der Waals surface area contributed by atoms with Gasteiger partial charge >= 0.3 is 0 Å². The molecule has 6 nitrogen and oxygen atoms in total. The van der Waals surface area contributed by atoms with Gasteiger partial charge in [-0.15, -0.1) is 0 Å². The second-order valence-corrected chi connectivity index (χ2v) is 9.26. The molecule has 0 unspecified atom stereocenters. The highest BCUT2D eigenvalue weighted by atomic mass is 32.2. The van der Waals surface area contributed by atoms with Crippen molar-refractivity contribution in [1.82, 2.24) is 9.21 Å². The van der Waals surface area contributed by atoms with Crippen LogP contribution >= 0.6 is 11.3 Å². The molecule has 146 valence electrons. The van der Waals surface area contributed by atoms with Crippen molar-refractivity contribution in [2.24, 2.45) is 0 Å². The summed E-state index contributed by atoms with van der Waals surface area (Å²) in [5, 5.41) is 4.04. The third-order valence-corrected chi connectivity index (χ3v) is 7.23. The summed E-state index contributed by atoms with van der Waals surface area (Å²) in [6.45, 7) is 2.24. The van der Waals surface area contributed by atoms with Crippen LogP contribution in [0.1, 0.15) is 17.5 Å². The normalized spacial score (nSPS) is 15.6. The molecule has 2 heterocycles. The molecule has 8 heteroatoms. The van der Waals surface area contributed by atoms with Crippen molar-refractivity contribution in [2.45, 2.75) is 24.3 Å². The van der Waals surface area contributed by atoms with Crippen molar-refractivity contribution in [1.29, 1.82) is 0 Å². The van der Waals surface area contributed by atoms with Gasteiger partial charge in [0, 0.05) is 33.1 Å². The monoisotopic (exact) mass is 408 g/mol. The smallest absolute Gasteiger partial charge is 0.243 e. The summed E-state index contributed by atoms with van der Waals surface area (Å²) in [5.41, 5.74) is 2.08. The van der Waals surface area contributed by atoms with Gasteiger partial charge in [0.25, 0.3) is 0 Å². The Morgan fingerprint density at radius 1 is 1.15 bits per heavy atom. The van der Waals surface area contributed by atoms with E-state index in [1.165, 1.54) is 4.31 Å². The van der Waals surface area contributed by atoms with Crippen LogP contribution in [-0.2, 0) is 32.5 Å². The number of carbonyl (C=O) groups excluding carboxylic acids is 1. The number of ether oxygens (including phenoxy) is 1. The quantitative estimate of drug-likeness (QED) is 0.705. The summed E-state index contributed by atoms with van der Waals surface area (Å²) in [7, 11) is -1.67. The number of thiophene rings is 1. The average molecular weight is 409 g/mol. The molecule has 27 heavy (non-hydrogen) atoms. The fourth-order valence-electron chi connectivity index (χ4n) is 2.95. The number of aryl methyl sites for hydroxylation is 1. The van der Waals surface area contributed by atoms with Crippen molar-refractivity contribution < 1.29 is 17.9 Å². The van der Waals surface area contributed by atoms with Gasteiger partial charge < -0.3 is 9.64 Å². The lowest BCUT2D eigenvalue weighted by Gasteiger charge is -2.26. The highest BCUT2D eigenvalue weighted by Crippen LogP contribution is 2.18. The third-order valence-electron chi connectivity index (χ3n) is 4.58. The molecule has 1 aromatic heterocycles. The third kappa shape index (κ3) is 5.16. The molecule has 2 aromatic rings. The highest BCUT2D eigenvalue weighted by Gasteiger charge is 2.26. The molecule has 1 aliphatic rings. The first-order valence-electron chi connectivity index (χ1n) is 8.89. The Bertz CT molecular complexity index is 842. The Balaban J connectivity index is 1.55. The van der Waals surface area contributed by atoms with Gasteiger partial charge in [-0.2, -0.15) is 15.6 Å². The van der Waals surface area contributed by atoms with Crippen LogP contribution in [0.5, 0.6) is 0 Å². The zero-order chi connectivity index (χ0) is 19.3. The summed E-state index contributed by atoms with van der Waals surface area (Å²) in [6.07, 6.45) is 0.987. The molecule has 0 spiro atoms. The predicted octanol–water partition coefficient (Wildman–Crippen LogP) is 2.36. The van der Waals surface area contributed by atoms with Crippen molar-refractivity contribution in [3.8, 4) is 0 Å². The standard InChI is InChI=1S/C19H24N2O4S2/c1-20(14-17-8-13-26-15-17)19(22)7-4-16-2-5-18(6-3-16)27(23,24)21-9-11-25-12-10-21/h2-3,5-6,8,13,15H,4,7,9-12,14H2,1H3. The summed E-state index contributed by atoms with van der Waals surface area (Å²) < 4.78 is 31.9. The summed E-state index contributed by atoms with van der Waals surface area (Å²) in [6, 6.07) is 8.85. The maximum atomic E-state index is 12.6. The molecule has 1 fully saturated rings. The highest BCUT2D eigenvalue weighted by molar-refractivity contribution is 7.89. The topological polar surface area (TPSA) is 66.9 Å². The van der Waals surface area contributed by atoms with Gasteiger partial charge in [0.15, 0.2) is 0 Å². The van der Waals surface area contributed by atoms with E-state index in [2.05, 4.69) is 0 Å². The fourth-order valence-corrected chi connectivity index (χ4v) is 5.02. The zero-order valence-corrected chi connectivity index (χ0v) is 17.0. The van der Waals surface area contributed by atoms with Gasteiger partial charge in [-0.3, -0.25) is 4.79 Å². The van der Waals surface area contributed by atoms with E-state index in [1.54, 1.807) is 47.5 Å². The lowest BCUT2D eigenvalue weighted by atomic mass is 10.1. The van der Waals surface area contributed by atoms with Gasteiger partial charge in [-0.1, -0.05) is 12.1 Å². The first-order chi connectivity index (χ1) is 13.0. The van der Waals surface area contributed by atoms with E-state index in [4.69, 9.17) is 4.74 Å². The Labute approximate surface area is 164 Å². The molecule has 0 saturated carbocycles. The lowest BCUT2D eigenvalue weighted by molar-refractivity contribution is -0.130. The number of hydrogen-bond acceptors (Lipinski definition) is 5. The molecule has 0 bridgehead atoms. The van der Waals surface area contributed by atoms with E-state index >= 15 is 0 Å². The summed E-state index contributed by atoms with van der Waals surface area (Å²) >= 11 is 1.62. The van der Waals surface area contributed by atoms with Crippen molar-refractivity contribution in [3.63, 3.8) is 0 Å². The number of morpholine rings is 1. The maximum absolute atomic E-state index is 12.6. The largest absolute Gasteiger partial charge is 0.379 e. The minimum Gasteiger partial charge on any atom is -0.379 e. The van der Waals surface area contributed by atoms with E-state index in [1.807, 2.05) is 16.8 Å². The molecule has 1 amide bonds. The molecule has 1 saturated heterocycles. The SMILES string of the molecule is CN(Cc1ccsc1)C(=O)CCc1ccc(S(=O)(=O)N2CCOCC2)cc1. The lowest BCUT2D eigenvalue weighted by Crippen LogP contribution is -2.40. The van der Waals surface area contributed by atoms with Crippen LogP contribution in [0.4, 0.5) is 0 Å². The van der Waals surface area contributed by atoms with Gasteiger partial charge in [0.2, 0.25) is 15.9 Å². The second kappa shape index (κ2) is 8.97. The summed E-state index contributed by atoms with van der Waals surface area (Å²) in [5.74, 6) is 0.0752. The number of sulfonamides is 1. The van der Waals surface area contributed by atoms with Crippen LogP contribution in [0.3, 0.4) is 0 Å². The molecule has 0 atom stereocenters. The van der Waals surface area contributed by atoms with Crippen molar-refractivity contribution in [2.75, 3.05) is 33.4 Å². The fraction of sp³-hybridized carbons (Fsp3) is 0.421. The van der Waals surface area contributed by atoms with Crippen LogP contribution < -0.4 is 0 Å². The second-order valence-electron chi connectivity index (χ2n) is 6.54. The summed E-state index contributed by atoms with van der Waals surface area (Å²) in [4.78, 5) is 14.3. The minimum atomic E-state index is -3.47. The van der Waals surface area contributed by atoms with Crippen LogP contribution in [0, 0.1) is 0 Å². The molecular weight excluding hydrogens is 384 g/mol. The Kier molecular flexibility index (Phi) is 6.64.